The van der Waals surface area contributed by atoms with Gasteiger partial charge in [0.1, 0.15) is 5.82 Å². The fourth-order valence-corrected chi connectivity index (χ4v) is 3.01. The van der Waals surface area contributed by atoms with Gasteiger partial charge in [0.25, 0.3) is 0 Å². The highest BCUT2D eigenvalue weighted by Gasteiger charge is 2.21. The van der Waals surface area contributed by atoms with E-state index in [1.54, 1.807) is 0 Å². The van der Waals surface area contributed by atoms with Crippen LogP contribution >= 0.6 is 0 Å². The number of nitrogens with one attached hydrogen (secondary N) is 1. The summed E-state index contributed by atoms with van der Waals surface area (Å²) in [4.78, 5) is 4.82. The molecule has 0 atom stereocenters. The molecular weight excluding hydrogens is 210 g/mol. The van der Waals surface area contributed by atoms with Crippen LogP contribution in [0.5, 0.6) is 0 Å². The molecule has 0 radical (unpaired) electrons. The first-order valence-electron chi connectivity index (χ1n) is 6.90. The molecule has 1 aliphatic carbocycles. The van der Waals surface area contributed by atoms with Crippen molar-refractivity contribution in [3.63, 3.8) is 0 Å². The summed E-state index contributed by atoms with van der Waals surface area (Å²) in [6.07, 6.45) is 7.90. The number of hydrogen-bond donors (Lipinski definition) is 1. The largest absolute Gasteiger partial charge is 0.335 e. The average Bonchev–Trinajstić information content (AvgIpc) is 2.64. The molecule has 1 N–H and O–H groups in total. The number of rotatable bonds is 4. The number of nitrogens with zero attached hydrogens (tertiary/aromatic N) is 2. The van der Waals surface area contributed by atoms with Crippen LogP contribution in [0.4, 0.5) is 0 Å². The van der Waals surface area contributed by atoms with Crippen molar-refractivity contribution in [1.82, 2.24) is 14.9 Å². The summed E-state index contributed by atoms with van der Waals surface area (Å²) in [5.41, 5.74) is 2.63. The molecule has 1 aromatic rings. The van der Waals surface area contributed by atoms with Crippen LogP contribution in [-0.2, 0) is 13.5 Å². The minimum atomic E-state index is 0.704. The Balaban J connectivity index is 2.17. The summed E-state index contributed by atoms with van der Waals surface area (Å²) < 4.78 is 2.35. The summed E-state index contributed by atoms with van der Waals surface area (Å²) in [7, 11) is 4.20. The van der Waals surface area contributed by atoms with Crippen LogP contribution in [0, 0.1) is 6.92 Å². The Morgan fingerprint density at radius 2 is 2.00 bits per heavy atom. The fraction of sp³-hybridized carbons (Fsp3) is 0.786. The molecule has 1 aliphatic rings. The van der Waals surface area contributed by atoms with Crippen molar-refractivity contribution in [3.8, 4) is 0 Å². The maximum absolute atomic E-state index is 4.82. The maximum Gasteiger partial charge on any atom is 0.112 e. The van der Waals surface area contributed by atoms with E-state index in [-0.39, 0.29) is 0 Å². The molecular formula is C14H25N3. The molecule has 0 spiro atoms. The smallest absolute Gasteiger partial charge is 0.112 e. The van der Waals surface area contributed by atoms with Crippen LogP contribution in [-0.4, -0.2) is 23.1 Å². The van der Waals surface area contributed by atoms with Gasteiger partial charge in [-0.15, -0.1) is 0 Å². The number of imidazole rings is 1. The Kier molecular flexibility index (Phi) is 4.21. The Morgan fingerprint density at radius 1 is 1.29 bits per heavy atom. The highest BCUT2D eigenvalue weighted by molar-refractivity contribution is 5.18. The molecule has 1 fully saturated rings. The second-order valence-corrected chi connectivity index (χ2v) is 5.25. The van der Waals surface area contributed by atoms with Gasteiger partial charge in [-0.2, -0.15) is 0 Å². The molecule has 0 aliphatic heterocycles. The van der Waals surface area contributed by atoms with Crippen LogP contribution in [0.3, 0.4) is 0 Å². The van der Waals surface area contributed by atoms with E-state index in [0.717, 1.165) is 13.0 Å². The molecule has 2 rings (SSSR count). The first kappa shape index (κ1) is 12.6. The van der Waals surface area contributed by atoms with E-state index < -0.39 is 0 Å². The van der Waals surface area contributed by atoms with Crippen molar-refractivity contribution in [1.29, 1.82) is 0 Å². The summed E-state index contributed by atoms with van der Waals surface area (Å²) in [5, 5.41) is 3.22. The van der Waals surface area contributed by atoms with Crippen LogP contribution in [0.25, 0.3) is 0 Å². The van der Waals surface area contributed by atoms with Gasteiger partial charge in [0.15, 0.2) is 0 Å². The molecule has 0 unspecified atom stereocenters. The normalized spacial score (nSPS) is 17.6. The molecule has 3 heteroatoms. The molecule has 1 aromatic heterocycles. The van der Waals surface area contributed by atoms with E-state index in [9.17, 15) is 0 Å². The van der Waals surface area contributed by atoms with Crippen molar-refractivity contribution < 1.29 is 0 Å². The predicted molar refractivity (Wildman–Crippen MR) is 71.4 cm³/mol. The Bertz CT molecular complexity index is 362. The van der Waals surface area contributed by atoms with E-state index in [1.807, 2.05) is 7.05 Å². The molecule has 0 bridgehead atoms. The third-order valence-electron chi connectivity index (χ3n) is 4.03. The Labute approximate surface area is 105 Å². The van der Waals surface area contributed by atoms with Gasteiger partial charge in [-0.3, -0.25) is 0 Å². The minimum absolute atomic E-state index is 0.704. The first-order valence-corrected chi connectivity index (χ1v) is 6.90. The second kappa shape index (κ2) is 5.67. The van der Waals surface area contributed by atoms with E-state index in [4.69, 9.17) is 4.98 Å². The molecule has 3 nitrogen and oxygen atoms in total. The number of aryl methyl sites for hydroxylation is 1. The van der Waals surface area contributed by atoms with E-state index >= 15 is 0 Å². The number of likely N-dealkylation sites (N-methyl/N-ethyl adjacent to an activating group) is 1. The van der Waals surface area contributed by atoms with Gasteiger partial charge >= 0.3 is 0 Å². The van der Waals surface area contributed by atoms with Crippen molar-refractivity contribution in [2.45, 2.75) is 51.4 Å². The Hall–Kier alpha value is -0.830. The van der Waals surface area contributed by atoms with E-state index in [2.05, 4.69) is 23.9 Å². The highest BCUT2D eigenvalue weighted by Crippen LogP contribution is 2.32. The van der Waals surface area contributed by atoms with E-state index in [0.29, 0.717) is 5.92 Å². The van der Waals surface area contributed by atoms with Gasteiger partial charge in [-0.25, -0.2) is 4.98 Å². The standard InChI is InChI=1S/C14H25N3/c1-11-13(9-10-15-2)17(3)14(16-11)12-7-5-4-6-8-12/h12,15H,4-10H2,1-3H3. The zero-order valence-corrected chi connectivity index (χ0v) is 11.4. The van der Waals surface area contributed by atoms with Gasteiger partial charge < -0.3 is 9.88 Å². The summed E-state index contributed by atoms with van der Waals surface area (Å²) in [6, 6.07) is 0. The third-order valence-corrected chi connectivity index (χ3v) is 4.03. The van der Waals surface area contributed by atoms with Gasteiger partial charge in [0.2, 0.25) is 0 Å². The third kappa shape index (κ3) is 2.71. The van der Waals surface area contributed by atoms with Crippen LogP contribution in [0.15, 0.2) is 0 Å². The maximum atomic E-state index is 4.82. The number of aromatic nitrogens is 2. The van der Waals surface area contributed by atoms with Crippen molar-refractivity contribution in [2.24, 2.45) is 7.05 Å². The summed E-state index contributed by atoms with van der Waals surface area (Å²) >= 11 is 0. The van der Waals surface area contributed by atoms with Gasteiger partial charge in [0, 0.05) is 31.6 Å². The molecule has 0 saturated heterocycles. The molecule has 17 heavy (non-hydrogen) atoms. The topological polar surface area (TPSA) is 29.9 Å². The zero-order chi connectivity index (χ0) is 12.3. The monoisotopic (exact) mass is 235 g/mol. The minimum Gasteiger partial charge on any atom is -0.335 e. The lowest BCUT2D eigenvalue weighted by Crippen LogP contribution is -2.15. The predicted octanol–water partition coefficient (Wildman–Crippen LogP) is 2.54. The van der Waals surface area contributed by atoms with Crippen LogP contribution < -0.4 is 5.32 Å². The Morgan fingerprint density at radius 3 is 2.65 bits per heavy atom. The average molecular weight is 235 g/mol. The lowest BCUT2D eigenvalue weighted by Gasteiger charge is -2.21. The fourth-order valence-electron chi connectivity index (χ4n) is 3.01. The van der Waals surface area contributed by atoms with Crippen molar-refractivity contribution in [3.05, 3.63) is 17.2 Å². The molecule has 1 saturated carbocycles. The van der Waals surface area contributed by atoms with Crippen LogP contribution in [0.2, 0.25) is 0 Å². The molecule has 0 aromatic carbocycles. The summed E-state index contributed by atoms with van der Waals surface area (Å²) in [6.45, 7) is 3.18. The van der Waals surface area contributed by atoms with Gasteiger partial charge in [-0.1, -0.05) is 19.3 Å². The molecule has 0 amide bonds. The summed E-state index contributed by atoms with van der Waals surface area (Å²) in [5.74, 6) is 2.03. The van der Waals surface area contributed by atoms with Crippen molar-refractivity contribution in [2.75, 3.05) is 13.6 Å². The lowest BCUT2D eigenvalue weighted by molar-refractivity contribution is 0.420. The SMILES string of the molecule is CNCCc1c(C)nc(C2CCCCC2)n1C. The van der Waals surface area contributed by atoms with Gasteiger partial charge in [0.05, 0.1) is 5.69 Å². The zero-order valence-electron chi connectivity index (χ0n) is 11.4. The number of hydrogen-bond acceptors (Lipinski definition) is 2. The molecule has 1 heterocycles. The van der Waals surface area contributed by atoms with E-state index in [1.165, 1.54) is 49.3 Å². The lowest BCUT2D eigenvalue weighted by atomic mass is 9.89. The second-order valence-electron chi connectivity index (χ2n) is 5.25. The van der Waals surface area contributed by atoms with Gasteiger partial charge in [-0.05, 0) is 26.8 Å². The first-order chi connectivity index (χ1) is 8.24. The van der Waals surface area contributed by atoms with Crippen molar-refractivity contribution >= 4 is 0 Å². The van der Waals surface area contributed by atoms with Crippen LogP contribution in [0.1, 0.15) is 55.2 Å². The molecule has 96 valence electrons. The quantitative estimate of drug-likeness (QED) is 0.869. The highest BCUT2D eigenvalue weighted by atomic mass is 15.1.